The van der Waals surface area contributed by atoms with E-state index in [4.69, 9.17) is 9.16 Å². The Bertz CT molecular complexity index is 1390. The molecule has 4 rings (SSSR count). The summed E-state index contributed by atoms with van der Waals surface area (Å²) >= 11 is 0. The molecule has 1 fully saturated rings. The molecule has 1 saturated heterocycles. The van der Waals surface area contributed by atoms with Gasteiger partial charge < -0.3 is 14.1 Å². The van der Waals surface area contributed by atoms with Gasteiger partial charge in [0.25, 0.3) is 8.32 Å². The minimum atomic E-state index is -2.77. The molecule has 0 bridgehead atoms. The molecule has 0 unspecified atom stereocenters. The summed E-state index contributed by atoms with van der Waals surface area (Å²) < 4.78 is 13.3. The first-order chi connectivity index (χ1) is 21.9. The fraction of sp³-hybridized carbons (Fsp3) is 0.425. The van der Waals surface area contributed by atoms with Gasteiger partial charge in [-0.05, 0) is 67.6 Å². The maximum absolute atomic E-state index is 13.1. The molecule has 5 nitrogen and oxygen atoms in total. The number of hydrogen-bond acceptors (Lipinski definition) is 4. The molecule has 0 aliphatic carbocycles. The fourth-order valence-corrected chi connectivity index (χ4v) is 11.8. The Labute approximate surface area is 279 Å². The van der Waals surface area contributed by atoms with Crippen LogP contribution < -0.4 is 10.4 Å². The Kier molecular flexibility index (Phi) is 11.9. The van der Waals surface area contributed by atoms with E-state index in [0.717, 1.165) is 18.7 Å². The zero-order valence-electron chi connectivity index (χ0n) is 29.1. The first kappa shape index (κ1) is 35.4. The van der Waals surface area contributed by atoms with E-state index >= 15 is 0 Å². The van der Waals surface area contributed by atoms with Crippen molar-refractivity contribution in [3.8, 4) is 0 Å². The fourth-order valence-electron chi connectivity index (χ4n) is 7.22. The average molecular weight is 639 g/mol. The molecule has 0 N–H and O–H groups in total. The summed E-state index contributed by atoms with van der Waals surface area (Å²) in [6.07, 6.45) is 3.37. The van der Waals surface area contributed by atoms with Crippen molar-refractivity contribution in [1.29, 1.82) is 0 Å². The van der Waals surface area contributed by atoms with Crippen molar-refractivity contribution >= 4 is 24.8 Å². The van der Waals surface area contributed by atoms with Crippen molar-refractivity contribution in [2.45, 2.75) is 85.1 Å². The molecule has 0 radical (unpaired) electrons. The van der Waals surface area contributed by atoms with Crippen molar-refractivity contribution in [2.24, 2.45) is 11.8 Å². The van der Waals surface area contributed by atoms with Crippen LogP contribution >= 0.6 is 0 Å². The van der Waals surface area contributed by atoms with Crippen molar-refractivity contribution in [2.75, 3.05) is 13.2 Å². The number of nitrogens with zero attached hydrogens (tertiary/aromatic N) is 2. The summed E-state index contributed by atoms with van der Waals surface area (Å²) in [6, 6.07) is 32.4. The molecule has 6 heteroatoms. The van der Waals surface area contributed by atoms with Gasteiger partial charge in [-0.1, -0.05) is 124 Å². The standard InChI is InChI=1S/C40H54N2O3Si/c1-30(2)37-28-41(27-33-19-13-10-14-20-33)38(36(37)25-26-44-39(43)42(31(3)4)32(5)6)29-45-46(40(7,8)9,34-21-15-11-16-22-34)35-23-17-12-18-24-35/h10-26,31-32,36-38H,1,27-29H2,2-9H3/b26-25-/t36-,37+,38+/m0/s1. The molecule has 1 amide bonds. The van der Waals surface area contributed by atoms with Crippen LogP contribution in [0.2, 0.25) is 5.04 Å². The third-order valence-electron chi connectivity index (χ3n) is 9.35. The average Bonchev–Trinajstić information content (AvgIpc) is 3.35. The molecular weight excluding hydrogens is 585 g/mol. The van der Waals surface area contributed by atoms with Crippen LogP contribution in [0, 0.1) is 11.8 Å². The predicted molar refractivity (Wildman–Crippen MR) is 194 cm³/mol. The molecule has 3 aromatic carbocycles. The van der Waals surface area contributed by atoms with E-state index in [0.29, 0.717) is 6.61 Å². The second-order valence-electron chi connectivity index (χ2n) is 14.3. The minimum Gasteiger partial charge on any atom is -0.418 e. The molecular formula is C40H54N2O3Si. The summed E-state index contributed by atoms with van der Waals surface area (Å²) in [6.45, 7) is 23.7. The first-order valence-electron chi connectivity index (χ1n) is 16.7. The molecule has 0 spiro atoms. The molecule has 46 heavy (non-hydrogen) atoms. The Morgan fingerprint density at radius 2 is 1.41 bits per heavy atom. The Morgan fingerprint density at radius 3 is 1.87 bits per heavy atom. The van der Waals surface area contributed by atoms with Crippen LogP contribution in [0.5, 0.6) is 0 Å². The monoisotopic (exact) mass is 638 g/mol. The third kappa shape index (κ3) is 7.91. The number of rotatable bonds is 12. The van der Waals surface area contributed by atoms with Crippen molar-refractivity contribution in [3.63, 3.8) is 0 Å². The highest BCUT2D eigenvalue weighted by Crippen LogP contribution is 2.40. The number of likely N-dealkylation sites (tertiary alicyclic amines) is 1. The Hall–Kier alpha value is -3.45. The summed E-state index contributed by atoms with van der Waals surface area (Å²) in [7, 11) is -2.77. The maximum Gasteiger partial charge on any atom is 0.415 e. The van der Waals surface area contributed by atoms with Crippen LogP contribution in [0.25, 0.3) is 0 Å². The second-order valence-corrected chi connectivity index (χ2v) is 18.6. The molecule has 3 aromatic rings. The zero-order chi connectivity index (χ0) is 33.5. The molecule has 1 aliphatic rings. The Morgan fingerprint density at radius 1 is 0.913 bits per heavy atom. The lowest BCUT2D eigenvalue weighted by molar-refractivity contribution is 0.108. The van der Waals surface area contributed by atoms with E-state index < -0.39 is 8.32 Å². The van der Waals surface area contributed by atoms with Gasteiger partial charge in [0, 0.05) is 37.1 Å². The van der Waals surface area contributed by atoms with Crippen molar-refractivity contribution in [3.05, 3.63) is 121 Å². The molecule has 0 aromatic heterocycles. The number of amides is 1. The number of hydrogen-bond donors (Lipinski definition) is 0. The molecule has 0 saturated carbocycles. The van der Waals surface area contributed by atoms with Gasteiger partial charge in [0.2, 0.25) is 0 Å². The van der Waals surface area contributed by atoms with Gasteiger partial charge in [-0.25, -0.2) is 4.79 Å². The molecule has 246 valence electrons. The van der Waals surface area contributed by atoms with Gasteiger partial charge in [-0.15, -0.1) is 0 Å². The van der Waals surface area contributed by atoms with Gasteiger partial charge in [0.1, 0.15) is 0 Å². The quantitative estimate of drug-likeness (QED) is 0.114. The van der Waals surface area contributed by atoms with Crippen LogP contribution in [-0.4, -0.2) is 55.5 Å². The lowest BCUT2D eigenvalue weighted by Crippen LogP contribution is -2.67. The summed E-state index contributed by atoms with van der Waals surface area (Å²) in [4.78, 5) is 17.4. The topological polar surface area (TPSA) is 42.0 Å². The third-order valence-corrected chi connectivity index (χ3v) is 14.4. The highest BCUT2D eigenvalue weighted by molar-refractivity contribution is 6.99. The van der Waals surface area contributed by atoms with Gasteiger partial charge in [0.05, 0.1) is 12.9 Å². The number of carbonyl (C=O) groups is 1. The lowest BCUT2D eigenvalue weighted by atomic mass is 9.86. The van der Waals surface area contributed by atoms with Gasteiger partial charge in [0.15, 0.2) is 0 Å². The van der Waals surface area contributed by atoms with Crippen LogP contribution in [0.4, 0.5) is 4.79 Å². The summed E-state index contributed by atoms with van der Waals surface area (Å²) in [5.74, 6) is 0.247. The molecule has 1 heterocycles. The maximum atomic E-state index is 13.1. The van der Waals surface area contributed by atoms with E-state index in [1.54, 1.807) is 11.2 Å². The molecule has 1 aliphatic heterocycles. The highest BCUT2D eigenvalue weighted by Gasteiger charge is 2.51. The van der Waals surface area contributed by atoms with E-state index in [1.165, 1.54) is 15.9 Å². The number of benzene rings is 3. The SMILES string of the molecule is C=C(C)[C@H]1CN(Cc2ccccc2)[C@H](CO[Si](c2ccccc2)(c2ccccc2)C(C)(C)C)[C@H]1/C=C\OC(=O)N(C(C)C)C(C)C. The van der Waals surface area contributed by atoms with Crippen LogP contribution in [0.1, 0.15) is 61.0 Å². The minimum absolute atomic E-state index is 0.0458. The highest BCUT2D eigenvalue weighted by atomic mass is 28.4. The second kappa shape index (κ2) is 15.4. The number of ether oxygens (including phenoxy) is 1. The largest absolute Gasteiger partial charge is 0.418 e. The normalized spacial score (nSPS) is 19.2. The van der Waals surface area contributed by atoms with E-state index in [9.17, 15) is 4.79 Å². The van der Waals surface area contributed by atoms with Gasteiger partial charge in [-0.3, -0.25) is 4.90 Å². The van der Waals surface area contributed by atoms with Crippen molar-refractivity contribution in [1.82, 2.24) is 9.80 Å². The zero-order valence-corrected chi connectivity index (χ0v) is 30.1. The summed E-state index contributed by atoms with van der Waals surface area (Å²) in [5.41, 5.74) is 2.39. The lowest BCUT2D eigenvalue weighted by Gasteiger charge is -2.44. The van der Waals surface area contributed by atoms with Crippen molar-refractivity contribution < 1.29 is 14.0 Å². The Balaban J connectivity index is 1.75. The van der Waals surface area contributed by atoms with E-state index in [1.807, 2.05) is 27.7 Å². The van der Waals surface area contributed by atoms with E-state index in [-0.39, 0.29) is 41.1 Å². The van der Waals surface area contributed by atoms with Crippen LogP contribution in [-0.2, 0) is 15.7 Å². The van der Waals surface area contributed by atoms with Crippen LogP contribution in [0.3, 0.4) is 0 Å². The van der Waals surface area contributed by atoms with Gasteiger partial charge in [-0.2, -0.15) is 0 Å². The smallest absolute Gasteiger partial charge is 0.415 e. The van der Waals surface area contributed by atoms with Crippen LogP contribution in [0.15, 0.2) is 115 Å². The predicted octanol–water partition coefficient (Wildman–Crippen LogP) is 8.03. The van der Waals surface area contributed by atoms with E-state index in [2.05, 4.69) is 136 Å². The summed E-state index contributed by atoms with van der Waals surface area (Å²) in [5, 5.41) is 2.40. The molecule has 3 atom stereocenters. The number of carbonyl (C=O) groups excluding carboxylic acids is 1. The first-order valence-corrected chi connectivity index (χ1v) is 18.6. The van der Waals surface area contributed by atoms with Gasteiger partial charge >= 0.3 is 6.09 Å².